The lowest BCUT2D eigenvalue weighted by Gasteiger charge is -2.60. The van der Waals surface area contributed by atoms with Crippen LogP contribution < -0.4 is 0 Å². The average molecular weight is 431 g/mol. The molecule has 4 nitrogen and oxygen atoms in total. The Morgan fingerprint density at radius 1 is 0.968 bits per heavy atom. The highest BCUT2D eigenvalue weighted by atomic mass is 16.6. The van der Waals surface area contributed by atoms with Crippen molar-refractivity contribution in [1.82, 2.24) is 0 Å². The molecule has 31 heavy (non-hydrogen) atoms. The molecule has 1 heterocycles. The molecule has 3 saturated carbocycles. The zero-order chi connectivity index (χ0) is 22.2. The number of fused-ring (bicyclic) bond motifs is 5. The van der Waals surface area contributed by atoms with Gasteiger partial charge >= 0.3 is 0 Å². The third-order valence-corrected chi connectivity index (χ3v) is 11.0. The second kappa shape index (κ2) is 7.40. The molecule has 2 N–H and O–H groups in total. The van der Waals surface area contributed by atoms with E-state index in [1.54, 1.807) is 0 Å². The van der Waals surface area contributed by atoms with Gasteiger partial charge in [0, 0.05) is 12.3 Å². The molecule has 0 spiro atoms. The first-order valence-electron chi connectivity index (χ1n) is 12.9. The van der Waals surface area contributed by atoms with Crippen LogP contribution in [0.1, 0.15) is 91.9 Å². The first kappa shape index (κ1) is 22.1. The highest BCUT2D eigenvalue weighted by molar-refractivity contribution is 5.91. The summed E-state index contributed by atoms with van der Waals surface area (Å²) in [6.45, 7) is 9.02. The molecule has 1 saturated heterocycles. The van der Waals surface area contributed by atoms with Crippen molar-refractivity contribution in [2.24, 2.45) is 40.4 Å². The van der Waals surface area contributed by atoms with Crippen LogP contribution in [0.15, 0.2) is 11.6 Å². The van der Waals surface area contributed by atoms with Crippen LogP contribution in [0.25, 0.3) is 0 Å². The quantitative estimate of drug-likeness (QED) is 0.646. The minimum Gasteiger partial charge on any atom is -0.389 e. The zero-order valence-electron chi connectivity index (χ0n) is 19.9. The molecule has 174 valence electrons. The van der Waals surface area contributed by atoms with Crippen molar-refractivity contribution in [2.75, 3.05) is 0 Å². The number of aliphatic hydroxyl groups is 2. The topological polar surface area (TPSA) is 66.8 Å². The van der Waals surface area contributed by atoms with Crippen molar-refractivity contribution >= 4 is 5.78 Å². The minimum absolute atomic E-state index is 0.0908. The number of hydrogen-bond donors (Lipinski definition) is 2. The summed E-state index contributed by atoms with van der Waals surface area (Å²) in [6, 6.07) is 0. The van der Waals surface area contributed by atoms with Gasteiger partial charge in [0.1, 0.15) is 0 Å². The molecule has 4 aliphatic carbocycles. The molecule has 4 heteroatoms. The number of ether oxygens (including phenoxy) is 1. The lowest BCUT2D eigenvalue weighted by molar-refractivity contribution is -0.265. The van der Waals surface area contributed by atoms with Crippen molar-refractivity contribution in [1.29, 1.82) is 0 Å². The summed E-state index contributed by atoms with van der Waals surface area (Å²) in [4.78, 5) is 12.1. The molecule has 0 aromatic carbocycles. The Morgan fingerprint density at radius 2 is 1.71 bits per heavy atom. The van der Waals surface area contributed by atoms with Gasteiger partial charge in [-0.15, -0.1) is 0 Å². The van der Waals surface area contributed by atoms with E-state index in [1.807, 2.05) is 6.08 Å². The second-order valence-corrected chi connectivity index (χ2v) is 12.4. The van der Waals surface area contributed by atoms with Gasteiger partial charge in [-0.25, -0.2) is 0 Å². The molecule has 0 aromatic rings. The van der Waals surface area contributed by atoms with Gasteiger partial charge < -0.3 is 14.9 Å². The lowest BCUT2D eigenvalue weighted by Crippen LogP contribution is -2.60. The summed E-state index contributed by atoms with van der Waals surface area (Å²) >= 11 is 0. The van der Waals surface area contributed by atoms with Crippen molar-refractivity contribution in [3.63, 3.8) is 0 Å². The van der Waals surface area contributed by atoms with Crippen molar-refractivity contribution in [3.8, 4) is 0 Å². The summed E-state index contributed by atoms with van der Waals surface area (Å²) in [5.74, 6) is 2.26. The van der Waals surface area contributed by atoms with E-state index in [4.69, 9.17) is 4.74 Å². The highest BCUT2D eigenvalue weighted by Crippen LogP contribution is 2.69. The zero-order valence-corrected chi connectivity index (χ0v) is 19.9. The van der Waals surface area contributed by atoms with E-state index < -0.39 is 11.9 Å². The van der Waals surface area contributed by atoms with E-state index in [2.05, 4.69) is 27.7 Å². The molecule has 4 fully saturated rings. The number of ketones is 1. The normalized spacial score (nSPS) is 52.4. The van der Waals surface area contributed by atoms with E-state index in [0.717, 1.165) is 57.8 Å². The number of aliphatic hydroxyl groups excluding tert-OH is 1. The fraction of sp³-hybridized carbons (Fsp3) is 0.889. The van der Waals surface area contributed by atoms with Gasteiger partial charge in [-0.2, -0.15) is 0 Å². The van der Waals surface area contributed by atoms with Crippen molar-refractivity contribution < 1.29 is 19.7 Å². The molecule has 0 unspecified atom stereocenters. The van der Waals surface area contributed by atoms with Crippen molar-refractivity contribution in [3.05, 3.63) is 11.6 Å². The summed E-state index contributed by atoms with van der Waals surface area (Å²) in [7, 11) is 0. The maximum atomic E-state index is 12.2. The fourth-order valence-corrected chi connectivity index (χ4v) is 9.01. The molecular formula is C27H42O4. The lowest BCUT2D eigenvalue weighted by atomic mass is 9.45. The number of carbonyl (C=O) groups is 1. The van der Waals surface area contributed by atoms with Crippen LogP contribution in [0.2, 0.25) is 0 Å². The van der Waals surface area contributed by atoms with Gasteiger partial charge in [0.25, 0.3) is 0 Å². The average Bonchev–Trinajstić information content (AvgIpc) is 3.00. The van der Waals surface area contributed by atoms with Gasteiger partial charge in [-0.05, 0) is 98.4 Å². The predicted molar refractivity (Wildman–Crippen MR) is 120 cm³/mol. The van der Waals surface area contributed by atoms with E-state index in [-0.39, 0.29) is 22.9 Å². The molecule has 0 aromatic heterocycles. The molecule has 9 atom stereocenters. The van der Waals surface area contributed by atoms with E-state index in [0.29, 0.717) is 35.9 Å². The van der Waals surface area contributed by atoms with Gasteiger partial charge in [-0.1, -0.05) is 33.3 Å². The largest absolute Gasteiger partial charge is 0.389 e. The first-order chi connectivity index (χ1) is 14.6. The van der Waals surface area contributed by atoms with Crippen LogP contribution in [0, 0.1) is 40.4 Å². The Hall–Kier alpha value is -0.710. The Labute approximate surface area is 187 Å². The fourth-order valence-electron chi connectivity index (χ4n) is 9.01. The summed E-state index contributed by atoms with van der Waals surface area (Å²) < 4.78 is 6.02. The summed E-state index contributed by atoms with van der Waals surface area (Å²) in [5.41, 5.74) is 0.564. The second-order valence-electron chi connectivity index (χ2n) is 12.4. The first-order valence-corrected chi connectivity index (χ1v) is 12.9. The van der Waals surface area contributed by atoms with Crippen LogP contribution >= 0.6 is 0 Å². The van der Waals surface area contributed by atoms with Crippen LogP contribution in [-0.2, 0) is 9.53 Å². The monoisotopic (exact) mass is 430 g/mol. The van der Waals surface area contributed by atoms with E-state index >= 15 is 0 Å². The van der Waals surface area contributed by atoms with Gasteiger partial charge in [0.2, 0.25) is 0 Å². The molecule has 1 aliphatic heterocycles. The van der Waals surface area contributed by atoms with Crippen LogP contribution in [0.3, 0.4) is 0 Å². The number of carbonyl (C=O) groups excluding carboxylic acids is 1. The van der Waals surface area contributed by atoms with Crippen LogP contribution in [0.4, 0.5) is 0 Å². The van der Waals surface area contributed by atoms with E-state index in [1.165, 1.54) is 5.57 Å². The number of rotatable bonds is 2. The third kappa shape index (κ3) is 3.07. The minimum atomic E-state index is -0.859. The van der Waals surface area contributed by atoms with Gasteiger partial charge in [0.05, 0.1) is 11.7 Å². The van der Waals surface area contributed by atoms with Gasteiger partial charge in [-0.3, -0.25) is 4.79 Å². The maximum absolute atomic E-state index is 12.2. The smallest absolute Gasteiger partial charge is 0.160 e. The summed E-state index contributed by atoms with van der Waals surface area (Å²) in [6.07, 6.45) is 10.8. The predicted octanol–water partition coefficient (Wildman–Crippen LogP) is 5.02. The molecule has 5 aliphatic rings. The number of allylic oxidation sites excluding steroid dienone is 1. The van der Waals surface area contributed by atoms with Crippen LogP contribution in [0.5, 0.6) is 0 Å². The number of hydrogen-bond acceptors (Lipinski definition) is 4. The maximum Gasteiger partial charge on any atom is 0.160 e. The standard InChI is InChI=1S/C27H42O4/c1-16(2)23-8-7-22(24(29)31-23)27(30)14-11-21-19-6-5-17-15-18(28)9-12-25(17,3)20(19)10-13-26(21,27)4/h15-16,19-24,29-30H,5-14H2,1-4H3/t19-,20+,21+,22+,23-,24-,25+,26+,27+/m1/s1. The molecular weight excluding hydrogens is 388 g/mol. The SMILES string of the molecule is CC(C)[C@H]1CC[C@H]([C@@]2(O)CC[C@H]3[C@@H]4CCC5=CC(=O)CC[C@]5(C)[C@H]4CC[C@@]32C)[C@H](O)O1. The summed E-state index contributed by atoms with van der Waals surface area (Å²) in [5, 5.41) is 23.1. The Bertz CT molecular complexity index is 773. The van der Waals surface area contributed by atoms with Crippen molar-refractivity contribution in [2.45, 2.75) is 110 Å². The van der Waals surface area contributed by atoms with Crippen LogP contribution in [-0.4, -0.2) is 34.0 Å². The Balaban J connectivity index is 1.40. The Morgan fingerprint density at radius 3 is 2.42 bits per heavy atom. The third-order valence-electron chi connectivity index (χ3n) is 11.0. The Kier molecular flexibility index (Phi) is 5.27. The highest BCUT2D eigenvalue weighted by Gasteiger charge is 2.67. The van der Waals surface area contributed by atoms with E-state index in [9.17, 15) is 15.0 Å². The molecule has 0 bridgehead atoms. The molecule has 0 amide bonds. The molecule has 5 rings (SSSR count). The van der Waals surface area contributed by atoms with Gasteiger partial charge in [0.15, 0.2) is 12.1 Å². The molecule has 0 radical (unpaired) electrons.